The summed E-state index contributed by atoms with van der Waals surface area (Å²) in [5.41, 5.74) is 3.64. The van der Waals surface area contributed by atoms with Crippen molar-refractivity contribution < 1.29 is 4.79 Å². The molecule has 1 fully saturated rings. The van der Waals surface area contributed by atoms with Crippen molar-refractivity contribution in [3.63, 3.8) is 0 Å². The van der Waals surface area contributed by atoms with Gasteiger partial charge in [-0.3, -0.25) is 4.79 Å². The van der Waals surface area contributed by atoms with E-state index in [1.54, 1.807) is 0 Å². The molecule has 3 rings (SSSR count). The SMILES string of the molecule is Cc1cc2c(n1CC1CCC(C)CC1)CCCC2=O. The van der Waals surface area contributed by atoms with Gasteiger partial charge in [-0.1, -0.05) is 19.8 Å². The molecule has 104 valence electrons. The van der Waals surface area contributed by atoms with Crippen molar-refractivity contribution in [3.05, 3.63) is 23.0 Å². The van der Waals surface area contributed by atoms with E-state index in [9.17, 15) is 4.79 Å². The predicted octanol–water partition coefficient (Wildman–Crippen LogP) is 4.14. The Labute approximate surface area is 116 Å². The number of hydrogen-bond acceptors (Lipinski definition) is 1. The number of carbonyl (C=O) groups is 1. The molecule has 1 aromatic heterocycles. The monoisotopic (exact) mass is 259 g/mol. The maximum absolute atomic E-state index is 12.0. The lowest BCUT2D eigenvalue weighted by molar-refractivity contribution is 0.0971. The van der Waals surface area contributed by atoms with Crippen molar-refractivity contribution in [1.82, 2.24) is 4.57 Å². The Bertz CT molecular complexity index is 478. The summed E-state index contributed by atoms with van der Waals surface area (Å²) in [6, 6.07) is 2.13. The van der Waals surface area contributed by atoms with Gasteiger partial charge in [-0.05, 0) is 50.5 Å². The zero-order valence-corrected chi connectivity index (χ0v) is 12.2. The molecule has 2 aliphatic carbocycles. The van der Waals surface area contributed by atoms with Crippen LogP contribution in [0.15, 0.2) is 6.07 Å². The topological polar surface area (TPSA) is 22.0 Å². The van der Waals surface area contributed by atoms with Crippen LogP contribution in [0, 0.1) is 18.8 Å². The van der Waals surface area contributed by atoms with Crippen molar-refractivity contribution in [2.24, 2.45) is 11.8 Å². The number of nitrogens with zero attached hydrogens (tertiary/aromatic N) is 1. The molecule has 0 saturated heterocycles. The van der Waals surface area contributed by atoms with Gasteiger partial charge in [-0.2, -0.15) is 0 Å². The van der Waals surface area contributed by atoms with Crippen LogP contribution in [0.1, 0.15) is 67.2 Å². The van der Waals surface area contributed by atoms with Gasteiger partial charge in [0.1, 0.15) is 0 Å². The smallest absolute Gasteiger partial charge is 0.164 e. The summed E-state index contributed by atoms with van der Waals surface area (Å²) in [7, 11) is 0. The third-order valence-corrected chi connectivity index (χ3v) is 5.11. The summed E-state index contributed by atoms with van der Waals surface area (Å²) in [6.07, 6.45) is 8.37. The lowest BCUT2D eigenvalue weighted by atomic mass is 9.83. The number of Topliss-reactive ketones (excluding diaryl/α,β-unsaturated/α-hetero) is 1. The summed E-state index contributed by atoms with van der Waals surface area (Å²) in [4.78, 5) is 12.0. The highest BCUT2D eigenvalue weighted by molar-refractivity contribution is 5.98. The lowest BCUT2D eigenvalue weighted by Crippen LogP contribution is -2.21. The quantitative estimate of drug-likeness (QED) is 0.782. The van der Waals surface area contributed by atoms with Crippen molar-refractivity contribution in [1.29, 1.82) is 0 Å². The maximum Gasteiger partial charge on any atom is 0.164 e. The molecule has 2 aliphatic rings. The second-order valence-electron chi connectivity index (χ2n) is 6.66. The first-order valence-electron chi connectivity index (χ1n) is 7.87. The van der Waals surface area contributed by atoms with Crippen LogP contribution in [0.2, 0.25) is 0 Å². The molecule has 0 radical (unpaired) electrons. The maximum atomic E-state index is 12.0. The van der Waals surface area contributed by atoms with Crippen molar-refractivity contribution in [2.75, 3.05) is 0 Å². The number of hydrogen-bond donors (Lipinski definition) is 0. The number of aromatic nitrogens is 1. The summed E-state index contributed by atoms with van der Waals surface area (Å²) in [5, 5.41) is 0. The fraction of sp³-hybridized carbons (Fsp3) is 0.706. The Hall–Kier alpha value is -1.05. The molecular weight excluding hydrogens is 234 g/mol. The number of rotatable bonds is 2. The summed E-state index contributed by atoms with van der Waals surface area (Å²) < 4.78 is 2.45. The zero-order chi connectivity index (χ0) is 13.4. The second kappa shape index (κ2) is 5.15. The van der Waals surface area contributed by atoms with Crippen LogP contribution in [0.25, 0.3) is 0 Å². The minimum atomic E-state index is 0.361. The highest BCUT2D eigenvalue weighted by Crippen LogP contribution is 2.32. The van der Waals surface area contributed by atoms with Crippen LogP contribution in [-0.2, 0) is 13.0 Å². The molecular formula is C17H25NO. The van der Waals surface area contributed by atoms with Crippen LogP contribution in [0.4, 0.5) is 0 Å². The number of fused-ring (bicyclic) bond motifs is 1. The predicted molar refractivity (Wildman–Crippen MR) is 77.6 cm³/mol. The van der Waals surface area contributed by atoms with Crippen LogP contribution < -0.4 is 0 Å². The first kappa shape index (κ1) is 13.0. The average molecular weight is 259 g/mol. The third-order valence-electron chi connectivity index (χ3n) is 5.11. The third kappa shape index (κ3) is 2.50. The molecule has 0 bridgehead atoms. The molecule has 0 spiro atoms. The molecule has 0 unspecified atom stereocenters. The summed E-state index contributed by atoms with van der Waals surface area (Å²) >= 11 is 0. The van der Waals surface area contributed by atoms with Gasteiger partial charge in [0, 0.05) is 29.9 Å². The lowest BCUT2D eigenvalue weighted by Gasteiger charge is -2.28. The Morgan fingerprint density at radius 3 is 2.68 bits per heavy atom. The average Bonchev–Trinajstić information content (AvgIpc) is 2.71. The molecule has 0 aromatic carbocycles. The van der Waals surface area contributed by atoms with E-state index >= 15 is 0 Å². The van der Waals surface area contributed by atoms with Crippen molar-refractivity contribution >= 4 is 5.78 Å². The van der Waals surface area contributed by atoms with Crippen molar-refractivity contribution in [2.45, 2.75) is 65.3 Å². The Morgan fingerprint density at radius 1 is 1.21 bits per heavy atom. The summed E-state index contributed by atoms with van der Waals surface area (Å²) in [6.45, 7) is 5.68. The second-order valence-corrected chi connectivity index (χ2v) is 6.66. The molecule has 0 atom stereocenters. The highest BCUT2D eigenvalue weighted by atomic mass is 16.1. The number of carbonyl (C=O) groups excluding carboxylic acids is 1. The van der Waals surface area contributed by atoms with E-state index in [2.05, 4.69) is 24.5 Å². The van der Waals surface area contributed by atoms with E-state index in [1.807, 2.05) is 0 Å². The van der Waals surface area contributed by atoms with Crippen LogP contribution in [0.5, 0.6) is 0 Å². The van der Waals surface area contributed by atoms with Crippen LogP contribution in [-0.4, -0.2) is 10.4 Å². The van der Waals surface area contributed by atoms with E-state index < -0.39 is 0 Å². The summed E-state index contributed by atoms with van der Waals surface area (Å²) in [5.74, 6) is 2.10. The zero-order valence-electron chi connectivity index (χ0n) is 12.2. The van der Waals surface area contributed by atoms with Crippen LogP contribution in [0.3, 0.4) is 0 Å². The molecule has 0 N–H and O–H groups in total. The van der Waals surface area contributed by atoms with Gasteiger partial charge < -0.3 is 4.57 Å². The molecule has 2 nitrogen and oxygen atoms in total. The fourth-order valence-electron chi connectivity index (χ4n) is 3.81. The Kier molecular flexibility index (Phi) is 3.51. The van der Waals surface area contributed by atoms with Gasteiger partial charge in [0.25, 0.3) is 0 Å². The molecule has 1 heterocycles. The van der Waals surface area contributed by atoms with Gasteiger partial charge in [0.2, 0.25) is 0 Å². The highest BCUT2D eigenvalue weighted by Gasteiger charge is 2.25. The Morgan fingerprint density at radius 2 is 1.95 bits per heavy atom. The number of ketones is 1. The molecule has 2 heteroatoms. The van der Waals surface area contributed by atoms with E-state index in [1.165, 1.54) is 37.1 Å². The molecule has 0 amide bonds. The molecule has 1 saturated carbocycles. The number of aryl methyl sites for hydroxylation is 1. The van der Waals surface area contributed by atoms with Gasteiger partial charge in [0.05, 0.1) is 0 Å². The van der Waals surface area contributed by atoms with Gasteiger partial charge in [-0.15, -0.1) is 0 Å². The van der Waals surface area contributed by atoms with E-state index in [4.69, 9.17) is 0 Å². The van der Waals surface area contributed by atoms with E-state index in [0.29, 0.717) is 5.78 Å². The van der Waals surface area contributed by atoms with Gasteiger partial charge in [-0.25, -0.2) is 0 Å². The largest absolute Gasteiger partial charge is 0.348 e. The molecule has 1 aromatic rings. The standard InChI is InChI=1S/C17H25NO/c1-12-6-8-14(9-7-12)11-18-13(2)10-15-16(18)4-3-5-17(15)19/h10,12,14H,3-9,11H2,1-2H3. The van der Waals surface area contributed by atoms with Gasteiger partial charge >= 0.3 is 0 Å². The first-order chi connectivity index (χ1) is 9.15. The fourth-order valence-corrected chi connectivity index (χ4v) is 3.81. The van der Waals surface area contributed by atoms with Gasteiger partial charge in [0.15, 0.2) is 5.78 Å². The van der Waals surface area contributed by atoms with E-state index in [0.717, 1.165) is 43.2 Å². The van der Waals surface area contributed by atoms with Crippen LogP contribution >= 0.6 is 0 Å². The van der Waals surface area contributed by atoms with Crippen molar-refractivity contribution in [3.8, 4) is 0 Å². The van der Waals surface area contributed by atoms with E-state index in [-0.39, 0.29) is 0 Å². The molecule has 19 heavy (non-hydrogen) atoms. The minimum Gasteiger partial charge on any atom is -0.348 e. The Balaban J connectivity index is 1.79. The first-order valence-corrected chi connectivity index (χ1v) is 7.87. The molecule has 0 aliphatic heterocycles. The minimum absolute atomic E-state index is 0.361. The normalized spacial score (nSPS) is 27.4.